The van der Waals surface area contributed by atoms with Gasteiger partial charge >= 0.3 is 0 Å². The molecule has 1 aromatic rings. The van der Waals surface area contributed by atoms with Gasteiger partial charge in [-0.2, -0.15) is 0 Å². The summed E-state index contributed by atoms with van der Waals surface area (Å²) in [5.74, 6) is 1.16. The zero-order valence-electron chi connectivity index (χ0n) is 11.6. The first-order valence-corrected chi connectivity index (χ1v) is 7.07. The van der Waals surface area contributed by atoms with Crippen molar-refractivity contribution in [3.8, 4) is 0 Å². The number of hydrogen-bond donors (Lipinski definition) is 0. The Balaban J connectivity index is 1.70. The molecule has 4 nitrogen and oxygen atoms in total. The average molecular weight is 258 g/mol. The van der Waals surface area contributed by atoms with Crippen molar-refractivity contribution in [2.45, 2.75) is 6.54 Å². The lowest BCUT2D eigenvalue weighted by Crippen LogP contribution is -2.44. The van der Waals surface area contributed by atoms with E-state index in [9.17, 15) is 0 Å². The molecule has 4 heteroatoms. The highest BCUT2D eigenvalue weighted by atomic mass is 15.3. The molecular formula is C15H22N4. The smallest absolute Gasteiger partial charge is 0.133 e. The van der Waals surface area contributed by atoms with Gasteiger partial charge < -0.3 is 9.80 Å². The van der Waals surface area contributed by atoms with Crippen molar-refractivity contribution >= 4 is 5.82 Å². The predicted molar refractivity (Wildman–Crippen MR) is 78.4 cm³/mol. The van der Waals surface area contributed by atoms with Crippen molar-refractivity contribution in [1.29, 1.82) is 0 Å². The van der Waals surface area contributed by atoms with Crippen molar-refractivity contribution in [3.63, 3.8) is 0 Å². The summed E-state index contributed by atoms with van der Waals surface area (Å²) in [4.78, 5) is 11.9. The van der Waals surface area contributed by atoms with Crippen LogP contribution < -0.4 is 4.90 Å². The Hall–Kier alpha value is -1.39. The topological polar surface area (TPSA) is 22.6 Å². The third kappa shape index (κ3) is 2.96. The first-order chi connectivity index (χ1) is 9.33. The minimum absolute atomic E-state index is 0.993. The van der Waals surface area contributed by atoms with Crippen LogP contribution in [-0.2, 0) is 6.54 Å². The first kappa shape index (κ1) is 12.6. The maximum absolute atomic E-state index is 4.59. The highest BCUT2D eigenvalue weighted by molar-refractivity contribution is 5.49. The van der Waals surface area contributed by atoms with Crippen LogP contribution in [0.15, 0.2) is 30.5 Å². The first-order valence-electron chi connectivity index (χ1n) is 7.07. The van der Waals surface area contributed by atoms with Crippen LogP contribution in [0.2, 0.25) is 0 Å². The molecule has 1 aromatic heterocycles. The molecule has 0 N–H and O–H groups in total. The number of rotatable bonds is 3. The van der Waals surface area contributed by atoms with Crippen LogP contribution in [0.1, 0.15) is 5.56 Å². The molecule has 1 fully saturated rings. The molecule has 0 unspecified atom stereocenters. The molecule has 2 aliphatic heterocycles. The van der Waals surface area contributed by atoms with Crippen LogP contribution in [0.4, 0.5) is 5.82 Å². The van der Waals surface area contributed by atoms with E-state index in [0.717, 1.165) is 38.5 Å². The monoisotopic (exact) mass is 258 g/mol. The quantitative estimate of drug-likeness (QED) is 0.760. The standard InChI is InChI=1S/C15H22N4/c1-17-9-11-18(12-10-17)13-14-5-4-6-16-15(14)19-7-2-3-8-19/h2-6H,7-13H2,1H3. The Labute approximate surface area is 115 Å². The molecule has 0 aromatic carbocycles. The van der Waals surface area contributed by atoms with Crippen molar-refractivity contribution in [3.05, 3.63) is 36.0 Å². The van der Waals surface area contributed by atoms with Gasteiger partial charge in [0.25, 0.3) is 0 Å². The minimum Gasteiger partial charge on any atom is -0.349 e. The summed E-state index contributed by atoms with van der Waals surface area (Å²) >= 11 is 0. The molecular weight excluding hydrogens is 236 g/mol. The normalized spacial score (nSPS) is 21.2. The molecule has 3 heterocycles. The Morgan fingerprint density at radius 3 is 2.58 bits per heavy atom. The Morgan fingerprint density at radius 2 is 1.84 bits per heavy atom. The molecule has 3 rings (SSSR count). The predicted octanol–water partition coefficient (Wildman–Crippen LogP) is 1.21. The van der Waals surface area contributed by atoms with E-state index in [0.29, 0.717) is 0 Å². The molecule has 102 valence electrons. The lowest BCUT2D eigenvalue weighted by Gasteiger charge is -2.33. The molecule has 19 heavy (non-hydrogen) atoms. The van der Waals surface area contributed by atoms with E-state index in [1.54, 1.807) is 0 Å². The zero-order chi connectivity index (χ0) is 13.1. The maximum atomic E-state index is 4.59. The van der Waals surface area contributed by atoms with Crippen LogP contribution in [0.3, 0.4) is 0 Å². The molecule has 0 aliphatic carbocycles. The van der Waals surface area contributed by atoms with Gasteiger partial charge in [-0.3, -0.25) is 4.90 Å². The number of nitrogens with zero attached hydrogens (tertiary/aromatic N) is 4. The van der Waals surface area contributed by atoms with Gasteiger partial charge in [-0.1, -0.05) is 18.2 Å². The van der Waals surface area contributed by atoms with Crippen molar-refractivity contribution in [2.24, 2.45) is 0 Å². The van der Waals surface area contributed by atoms with E-state index in [1.807, 2.05) is 6.20 Å². The van der Waals surface area contributed by atoms with Gasteiger partial charge in [-0.25, -0.2) is 4.98 Å². The van der Waals surface area contributed by atoms with Gasteiger partial charge in [0.2, 0.25) is 0 Å². The summed E-state index contributed by atoms with van der Waals surface area (Å²) in [6, 6.07) is 4.28. The number of pyridine rings is 1. The molecule has 0 radical (unpaired) electrons. The fourth-order valence-electron chi connectivity index (χ4n) is 2.74. The van der Waals surface area contributed by atoms with Crippen LogP contribution in [0.5, 0.6) is 0 Å². The summed E-state index contributed by atoms with van der Waals surface area (Å²) in [5.41, 5.74) is 1.36. The molecule has 0 saturated carbocycles. The van der Waals surface area contributed by atoms with Crippen LogP contribution in [0, 0.1) is 0 Å². The van der Waals surface area contributed by atoms with Crippen LogP contribution in [-0.4, -0.2) is 61.1 Å². The van der Waals surface area contributed by atoms with Gasteiger partial charge in [0.1, 0.15) is 5.82 Å². The van der Waals surface area contributed by atoms with E-state index in [1.165, 1.54) is 18.7 Å². The summed E-state index contributed by atoms with van der Waals surface area (Å²) < 4.78 is 0. The Kier molecular flexibility index (Phi) is 3.80. The second-order valence-corrected chi connectivity index (χ2v) is 5.44. The third-order valence-electron chi connectivity index (χ3n) is 3.98. The highest BCUT2D eigenvalue weighted by Gasteiger charge is 2.18. The summed E-state index contributed by atoms with van der Waals surface area (Å²) in [6.07, 6.45) is 6.34. The summed E-state index contributed by atoms with van der Waals surface area (Å²) in [6.45, 7) is 7.65. The van der Waals surface area contributed by atoms with Gasteiger partial charge in [-0.05, 0) is 13.1 Å². The third-order valence-corrected chi connectivity index (χ3v) is 3.98. The molecule has 2 aliphatic rings. The van der Waals surface area contributed by atoms with Crippen molar-refractivity contribution < 1.29 is 0 Å². The second kappa shape index (κ2) is 5.72. The number of likely N-dealkylation sites (N-methyl/N-ethyl adjacent to an activating group) is 1. The van der Waals surface area contributed by atoms with Gasteiger partial charge in [-0.15, -0.1) is 0 Å². The molecule has 0 amide bonds. The van der Waals surface area contributed by atoms with Crippen LogP contribution >= 0.6 is 0 Å². The molecule has 0 spiro atoms. The highest BCUT2D eigenvalue weighted by Crippen LogP contribution is 2.21. The zero-order valence-corrected chi connectivity index (χ0v) is 11.6. The number of piperazine rings is 1. The lowest BCUT2D eigenvalue weighted by molar-refractivity contribution is 0.148. The van der Waals surface area contributed by atoms with Gasteiger partial charge in [0, 0.05) is 57.6 Å². The van der Waals surface area contributed by atoms with Crippen molar-refractivity contribution in [1.82, 2.24) is 14.8 Å². The molecule has 0 atom stereocenters. The van der Waals surface area contributed by atoms with Crippen molar-refractivity contribution in [2.75, 3.05) is 51.2 Å². The SMILES string of the molecule is CN1CCN(Cc2cccnc2N2CC=CC2)CC1. The largest absolute Gasteiger partial charge is 0.349 e. The van der Waals surface area contributed by atoms with E-state index >= 15 is 0 Å². The Morgan fingerprint density at radius 1 is 1.11 bits per heavy atom. The van der Waals surface area contributed by atoms with Gasteiger partial charge in [0.15, 0.2) is 0 Å². The second-order valence-electron chi connectivity index (χ2n) is 5.44. The fourth-order valence-corrected chi connectivity index (χ4v) is 2.74. The minimum atomic E-state index is 0.993. The van der Waals surface area contributed by atoms with Gasteiger partial charge in [0.05, 0.1) is 0 Å². The van der Waals surface area contributed by atoms with E-state index in [-0.39, 0.29) is 0 Å². The summed E-state index contributed by atoms with van der Waals surface area (Å²) in [7, 11) is 2.20. The fraction of sp³-hybridized carbons (Fsp3) is 0.533. The van der Waals surface area contributed by atoms with E-state index in [4.69, 9.17) is 0 Å². The lowest BCUT2D eigenvalue weighted by atomic mass is 10.2. The summed E-state index contributed by atoms with van der Waals surface area (Å²) in [5, 5.41) is 0. The molecule has 1 saturated heterocycles. The maximum Gasteiger partial charge on any atom is 0.133 e. The Bertz CT molecular complexity index is 441. The number of anilines is 1. The molecule has 0 bridgehead atoms. The van der Waals surface area contributed by atoms with Crippen LogP contribution in [0.25, 0.3) is 0 Å². The number of aromatic nitrogens is 1. The van der Waals surface area contributed by atoms with E-state index in [2.05, 4.69) is 51.0 Å². The number of hydrogen-bond acceptors (Lipinski definition) is 4. The van der Waals surface area contributed by atoms with E-state index < -0.39 is 0 Å². The average Bonchev–Trinajstić information content (AvgIpc) is 2.96.